The van der Waals surface area contributed by atoms with E-state index < -0.39 is 0 Å². The van der Waals surface area contributed by atoms with Crippen LogP contribution in [0.3, 0.4) is 0 Å². The Morgan fingerprint density at radius 2 is 2.06 bits per heavy atom. The largest absolute Gasteiger partial charge is 0.384 e. The summed E-state index contributed by atoms with van der Waals surface area (Å²) in [6.07, 6.45) is 1.67. The van der Waals surface area contributed by atoms with E-state index in [-0.39, 0.29) is 0 Å². The van der Waals surface area contributed by atoms with Crippen LogP contribution in [0.5, 0.6) is 0 Å². The molecule has 0 saturated heterocycles. The third-order valence-electron chi connectivity index (χ3n) is 2.37. The molecule has 2 aromatic rings. The molecule has 0 aliphatic heterocycles. The van der Waals surface area contributed by atoms with E-state index in [4.69, 9.17) is 5.73 Å². The molecular weight excluding hydrogens is 280 g/mol. The molecule has 0 spiro atoms. The maximum atomic E-state index is 5.62. The van der Waals surface area contributed by atoms with Crippen LogP contribution in [0.15, 0.2) is 41.0 Å². The fraction of sp³-hybridized carbons (Fsp3) is 0.167. The Hall–Kier alpha value is -1.62. The topological polar surface area (TPSA) is 55.0 Å². The highest BCUT2D eigenvalue weighted by molar-refractivity contribution is 9.10. The van der Waals surface area contributed by atoms with E-state index in [1.807, 2.05) is 31.3 Å². The molecule has 0 radical (unpaired) electrons. The summed E-state index contributed by atoms with van der Waals surface area (Å²) in [6, 6.07) is 9.71. The zero-order valence-corrected chi connectivity index (χ0v) is 11.1. The van der Waals surface area contributed by atoms with Crippen molar-refractivity contribution < 1.29 is 0 Å². The lowest BCUT2D eigenvalue weighted by Gasteiger charge is -2.19. The Morgan fingerprint density at radius 1 is 1.29 bits per heavy atom. The van der Waals surface area contributed by atoms with E-state index in [2.05, 4.69) is 30.8 Å². The van der Waals surface area contributed by atoms with E-state index in [0.29, 0.717) is 18.2 Å². The lowest BCUT2D eigenvalue weighted by molar-refractivity contribution is 0.839. The number of nitrogens with two attached hydrogens (primary N) is 1. The average molecular weight is 293 g/mol. The van der Waals surface area contributed by atoms with Crippen LogP contribution >= 0.6 is 15.9 Å². The Kier molecular flexibility index (Phi) is 3.58. The summed E-state index contributed by atoms with van der Waals surface area (Å²) in [4.78, 5) is 10.4. The van der Waals surface area contributed by atoms with Gasteiger partial charge in [-0.25, -0.2) is 9.97 Å². The third-order valence-corrected chi connectivity index (χ3v) is 3.04. The number of benzene rings is 1. The van der Waals surface area contributed by atoms with Gasteiger partial charge in [0.2, 0.25) is 0 Å². The number of hydrogen-bond acceptors (Lipinski definition) is 4. The molecule has 1 heterocycles. The maximum absolute atomic E-state index is 5.62. The van der Waals surface area contributed by atoms with E-state index in [9.17, 15) is 0 Å². The van der Waals surface area contributed by atoms with Crippen molar-refractivity contribution in [1.82, 2.24) is 9.97 Å². The molecule has 0 aliphatic rings. The summed E-state index contributed by atoms with van der Waals surface area (Å²) < 4.78 is 1.05. The van der Waals surface area contributed by atoms with Gasteiger partial charge in [0.1, 0.15) is 11.6 Å². The number of nitrogens with zero attached hydrogens (tertiary/aromatic N) is 3. The molecule has 17 heavy (non-hydrogen) atoms. The van der Waals surface area contributed by atoms with Gasteiger partial charge in [-0.3, -0.25) is 0 Å². The van der Waals surface area contributed by atoms with Crippen LogP contribution in [-0.4, -0.2) is 17.0 Å². The quantitative estimate of drug-likeness (QED) is 0.944. The minimum absolute atomic E-state index is 0.496. The van der Waals surface area contributed by atoms with Gasteiger partial charge in [0, 0.05) is 17.7 Å². The van der Waals surface area contributed by atoms with Crippen LogP contribution in [0.25, 0.3) is 0 Å². The number of hydrogen-bond donors (Lipinski definition) is 1. The lowest BCUT2D eigenvalue weighted by atomic mass is 10.3. The number of para-hydroxylation sites is 1. The number of nitrogen functional groups attached to an aromatic ring is 1. The first-order chi connectivity index (χ1) is 8.16. The highest BCUT2D eigenvalue weighted by Gasteiger charge is 2.07. The monoisotopic (exact) mass is 292 g/mol. The van der Waals surface area contributed by atoms with Gasteiger partial charge in [-0.1, -0.05) is 12.1 Å². The van der Waals surface area contributed by atoms with Crippen LogP contribution in [0, 0.1) is 0 Å². The van der Waals surface area contributed by atoms with Crippen molar-refractivity contribution in [2.24, 2.45) is 0 Å². The number of halogens is 1. The number of rotatable bonds is 3. The van der Waals surface area contributed by atoms with Gasteiger partial charge in [0.15, 0.2) is 0 Å². The zero-order valence-electron chi connectivity index (χ0n) is 9.47. The van der Waals surface area contributed by atoms with Crippen LogP contribution in [0.1, 0.15) is 5.82 Å². The van der Waals surface area contributed by atoms with Gasteiger partial charge in [-0.15, -0.1) is 0 Å². The molecule has 0 fully saturated rings. The van der Waals surface area contributed by atoms with E-state index in [1.165, 1.54) is 0 Å². The Morgan fingerprint density at radius 3 is 2.76 bits per heavy atom. The Balaban J connectivity index is 2.17. The lowest BCUT2D eigenvalue weighted by Crippen LogP contribution is -2.18. The van der Waals surface area contributed by atoms with Crippen molar-refractivity contribution >= 4 is 27.4 Å². The molecule has 0 atom stereocenters. The van der Waals surface area contributed by atoms with Crippen LogP contribution in [0.2, 0.25) is 0 Å². The van der Waals surface area contributed by atoms with Crippen LogP contribution in [-0.2, 0) is 6.54 Å². The minimum Gasteiger partial charge on any atom is -0.384 e. The van der Waals surface area contributed by atoms with Gasteiger partial charge in [0.05, 0.1) is 12.2 Å². The summed E-state index contributed by atoms with van der Waals surface area (Å²) in [5.74, 6) is 1.21. The van der Waals surface area contributed by atoms with Crippen molar-refractivity contribution in [3.63, 3.8) is 0 Å². The molecule has 2 rings (SSSR count). The second-order valence-corrected chi connectivity index (χ2v) is 4.56. The molecule has 4 nitrogen and oxygen atoms in total. The molecule has 0 amide bonds. The molecule has 0 bridgehead atoms. The highest BCUT2D eigenvalue weighted by Crippen LogP contribution is 2.25. The smallest absolute Gasteiger partial charge is 0.149 e. The molecule has 0 aliphatic carbocycles. The molecule has 5 heteroatoms. The predicted octanol–water partition coefficient (Wildman–Crippen LogP) is 2.46. The maximum Gasteiger partial charge on any atom is 0.149 e. The van der Waals surface area contributed by atoms with Gasteiger partial charge < -0.3 is 10.6 Å². The SMILES string of the molecule is CN(Cc1nccc(N)n1)c1ccccc1Br. The fourth-order valence-corrected chi connectivity index (χ4v) is 2.14. The fourth-order valence-electron chi connectivity index (χ4n) is 1.55. The first-order valence-electron chi connectivity index (χ1n) is 5.20. The minimum atomic E-state index is 0.496. The van der Waals surface area contributed by atoms with Crippen LogP contribution in [0.4, 0.5) is 11.5 Å². The number of anilines is 2. The predicted molar refractivity (Wildman–Crippen MR) is 72.7 cm³/mol. The summed E-state index contributed by atoms with van der Waals surface area (Å²) >= 11 is 3.52. The molecular formula is C12H13BrN4. The van der Waals surface area contributed by atoms with Crippen molar-refractivity contribution in [3.8, 4) is 0 Å². The standard InChI is InChI=1S/C12H13BrN4/c1-17(10-5-3-2-4-9(10)13)8-12-15-7-6-11(14)16-12/h2-7H,8H2,1H3,(H2,14,15,16). The van der Waals surface area contributed by atoms with Crippen molar-refractivity contribution in [3.05, 3.63) is 46.8 Å². The molecule has 0 unspecified atom stereocenters. The van der Waals surface area contributed by atoms with Crippen molar-refractivity contribution in [2.75, 3.05) is 17.7 Å². The molecule has 1 aromatic carbocycles. The molecule has 88 valence electrons. The van der Waals surface area contributed by atoms with Crippen molar-refractivity contribution in [1.29, 1.82) is 0 Å². The third kappa shape index (κ3) is 2.94. The Bertz CT molecular complexity index is 515. The first-order valence-corrected chi connectivity index (χ1v) is 5.99. The summed E-state index contributed by atoms with van der Waals surface area (Å²) in [5.41, 5.74) is 6.72. The van der Waals surface area contributed by atoms with Crippen molar-refractivity contribution in [2.45, 2.75) is 6.54 Å². The van der Waals surface area contributed by atoms with Gasteiger partial charge in [0.25, 0.3) is 0 Å². The van der Waals surface area contributed by atoms with Gasteiger partial charge in [-0.2, -0.15) is 0 Å². The molecule has 2 N–H and O–H groups in total. The van der Waals surface area contributed by atoms with E-state index in [0.717, 1.165) is 10.2 Å². The second-order valence-electron chi connectivity index (χ2n) is 3.71. The van der Waals surface area contributed by atoms with Gasteiger partial charge in [-0.05, 0) is 34.1 Å². The number of aromatic nitrogens is 2. The summed E-state index contributed by atoms with van der Waals surface area (Å²) in [7, 11) is 1.99. The second kappa shape index (κ2) is 5.14. The Labute approximate surface area is 109 Å². The van der Waals surface area contributed by atoms with Crippen LogP contribution < -0.4 is 10.6 Å². The summed E-state index contributed by atoms with van der Waals surface area (Å²) in [6.45, 7) is 0.619. The average Bonchev–Trinajstić information content (AvgIpc) is 2.29. The molecule has 1 aromatic heterocycles. The highest BCUT2D eigenvalue weighted by atomic mass is 79.9. The first kappa shape index (κ1) is 11.9. The van der Waals surface area contributed by atoms with Gasteiger partial charge >= 0.3 is 0 Å². The zero-order chi connectivity index (χ0) is 12.3. The normalized spacial score (nSPS) is 10.2. The van der Waals surface area contributed by atoms with E-state index >= 15 is 0 Å². The molecule has 0 saturated carbocycles. The summed E-state index contributed by atoms with van der Waals surface area (Å²) in [5, 5.41) is 0. The van der Waals surface area contributed by atoms with E-state index in [1.54, 1.807) is 12.3 Å².